The summed E-state index contributed by atoms with van der Waals surface area (Å²) in [6, 6.07) is -0.629. The van der Waals surface area contributed by atoms with E-state index in [1.54, 1.807) is 0 Å². The van der Waals surface area contributed by atoms with Gasteiger partial charge in [0.15, 0.2) is 0 Å². The molecule has 82 valence electrons. The van der Waals surface area contributed by atoms with E-state index >= 15 is 0 Å². The van der Waals surface area contributed by atoms with Crippen molar-refractivity contribution < 1.29 is 9.53 Å². The highest BCUT2D eigenvalue weighted by Gasteiger charge is 2.06. The average molecular weight is 201 g/mol. The number of carbonyl (C=O) groups is 1. The molecule has 5 N–H and O–H groups in total. The van der Waals surface area contributed by atoms with Crippen LogP contribution in [0.2, 0.25) is 0 Å². The van der Waals surface area contributed by atoms with Crippen LogP contribution in [0.15, 0.2) is 12.2 Å². The van der Waals surface area contributed by atoms with Gasteiger partial charge in [-0.15, -0.1) is 0 Å². The summed E-state index contributed by atoms with van der Waals surface area (Å²) in [5, 5.41) is 2.96. The van der Waals surface area contributed by atoms with E-state index in [2.05, 4.69) is 11.9 Å². The summed E-state index contributed by atoms with van der Waals surface area (Å²) in [6.07, 6.45) is 0. The van der Waals surface area contributed by atoms with Crippen LogP contribution < -0.4 is 16.8 Å². The number of nitrogens with one attached hydrogen (secondary N) is 1. The van der Waals surface area contributed by atoms with E-state index in [0.717, 1.165) is 5.57 Å². The van der Waals surface area contributed by atoms with Crippen molar-refractivity contribution in [2.75, 3.05) is 26.3 Å². The molecule has 0 saturated carbocycles. The number of primary amides is 1. The number of nitrogens with two attached hydrogens (primary N) is 2. The molecule has 0 aromatic heterocycles. The first-order valence-electron chi connectivity index (χ1n) is 4.51. The predicted octanol–water partition coefficient (Wildman–Crippen LogP) is -1.02. The summed E-state index contributed by atoms with van der Waals surface area (Å²) in [5.74, 6) is -0.500. The fourth-order valence-electron chi connectivity index (χ4n) is 0.749. The van der Waals surface area contributed by atoms with Gasteiger partial charge in [-0.1, -0.05) is 12.2 Å². The topological polar surface area (TPSA) is 90.4 Å². The van der Waals surface area contributed by atoms with Gasteiger partial charge in [0.1, 0.15) is 0 Å². The van der Waals surface area contributed by atoms with E-state index in [4.69, 9.17) is 16.2 Å². The van der Waals surface area contributed by atoms with Crippen LogP contribution in [0.25, 0.3) is 0 Å². The van der Waals surface area contributed by atoms with Crippen molar-refractivity contribution in [1.29, 1.82) is 0 Å². The van der Waals surface area contributed by atoms with E-state index in [9.17, 15) is 4.79 Å². The third kappa shape index (κ3) is 7.72. The van der Waals surface area contributed by atoms with E-state index < -0.39 is 11.9 Å². The normalized spacial score (nSPS) is 12.4. The SMILES string of the molecule is C=C(C)COCCNCC(N)C(N)=O. The molecule has 1 unspecified atom stereocenters. The molecule has 0 aliphatic heterocycles. The molecule has 0 aromatic rings. The zero-order valence-corrected chi connectivity index (χ0v) is 8.58. The van der Waals surface area contributed by atoms with Crippen LogP contribution in [0, 0.1) is 0 Å². The maximum Gasteiger partial charge on any atom is 0.235 e. The van der Waals surface area contributed by atoms with Crippen LogP contribution in [-0.2, 0) is 9.53 Å². The summed E-state index contributed by atoms with van der Waals surface area (Å²) in [5.41, 5.74) is 11.3. The summed E-state index contributed by atoms with van der Waals surface area (Å²) in [7, 11) is 0. The second kappa shape index (κ2) is 7.49. The average Bonchev–Trinajstić information content (AvgIpc) is 2.09. The first kappa shape index (κ1) is 13.1. The lowest BCUT2D eigenvalue weighted by Gasteiger charge is -2.09. The molecule has 0 fully saturated rings. The van der Waals surface area contributed by atoms with Gasteiger partial charge >= 0.3 is 0 Å². The summed E-state index contributed by atoms with van der Waals surface area (Å²) in [6.45, 7) is 7.75. The second-order valence-electron chi connectivity index (χ2n) is 3.22. The molecule has 0 saturated heterocycles. The zero-order chi connectivity index (χ0) is 11.0. The van der Waals surface area contributed by atoms with Crippen LogP contribution in [0.3, 0.4) is 0 Å². The van der Waals surface area contributed by atoms with Gasteiger partial charge < -0.3 is 21.5 Å². The van der Waals surface area contributed by atoms with Gasteiger partial charge in [0, 0.05) is 13.1 Å². The van der Waals surface area contributed by atoms with Crippen molar-refractivity contribution in [3.8, 4) is 0 Å². The Labute approximate surface area is 84.5 Å². The molecular formula is C9H19N3O2. The number of ether oxygens (including phenoxy) is 1. The van der Waals surface area contributed by atoms with Crippen molar-refractivity contribution in [3.05, 3.63) is 12.2 Å². The molecule has 0 rings (SSSR count). The van der Waals surface area contributed by atoms with Crippen LogP contribution in [0.5, 0.6) is 0 Å². The molecule has 0 aliphatic rings. The van der Waals surface area contributed by atoms with Gasteiger partial charge in [-0.25, -0.2) is 0 Å². The Morgan fingerprint density at radius 3 is 2.79 bits per heavy atom. The summed E-state index contributed by atoms with van der Waals surface area (Å²) < 4.78 is 5.22. The Hall–Kier alpha value is -0.910. The van der Waals surface area contributed by atoms with Crippen LogP contribution in [-0.4, -0.2) is 38.3 Å². The largest absolute Gasteiger partial charge is 0.376 e. The minimum absolute atomic E-state index is 0.381. The quantitative estimate of drug-likeness (QED) is 0.346. The molecule has 0 aliphatic carbocycles. The van der Waals surface area contributed by atoms with Gasteiger partial charge in [-0.3, -0.25) is 4.79 Å². The number of amides is 1. The Balaban J connectivity index is 3.21. The molecule has 5 nitrogen and oxygen atoms in total. The Kier molecular flexibility index (Phi) is 7.00. The molecule has 0 bridgehead atoms. The lowest BCUT2D eigenvalue weighted by molar-refractivity contribution is -0.119. The van der Waals surface area contributed by atoms with Crippen molar-refractivity contribution >= 4 is 5.91 Å². The van der Waals surface area contributed by atoms with Gasteiger partial charge in [-0.05, 0) is 6.92 Å². The van der Waals surface area contributed by atoms with Crippen molar-refractivity contribution in [1.82, 2.24) is 5.32 Å². The highest BCUT2D eigenvalue weighted by Crippen LogP contribution is 1.86. The molecule has 0 heterocycles. The number of hydrogen-bond acceptors (Lipinski definition) is 4. The Morgan fingerprint density at radius 1 is 1.64 bits per heavy atom. The molecule has 0 radical (unpaired) electrons. The molecule has 1 atom stereocenters. The van der Waals surface area contributed by atoms with Crippen molar-refractivity contribution in [2.45, 2.75) is 13.0 Å². The van der Waals surface area contributed by atoms with Crippen LogP contribution in [0.1, 0.15) is 6.92 Å². The van der Waals surface area contributed by atoms with Gasteiger partial charge in [-0.2, -0.15) is 0 Å². The highest BCUT2D eigenvalue weighted by atomic mass is 16.5. The minimum Gasteiger partial charge on any atom is -0.376 e. The molecule has 1 amide bonds. The third-order valence-electron chi connectivity index (χ3n) is 1.50. The number of carbonyl (C=O) groups excluding carboxylic acids is 1. The summed E-state index contributed by atoms with van der Waals surface area (Å²) in [4.78, 5) is 10.5. The van der Waals surface area contributed by atoms with Gasteiger partial charge in [0.05, 0.1) is 19.3 Å². The first-order chi connectivity index (χ1) is 6.54. The predicted molar refractivity (Wildman–Crippen MR) is 55.7 cm³/mol. The van der Waals surface area contributed by atoms with E-state index in [1.165, 1.54) is 0 Å². The zero-order valence-electron chi connectivity index (χ0n) is 8.58. The maximum atomic E-state index is 10.5. The summed E-state index contributed by atoms with van der Waals surface area (Å²) >= 11 is 0. The van der Waals surface area contributed by atoms with Gasteiger partial charge in [0.2, 0.25) is 5.91 Å². The van der Waals surface area contributed by atoms with Crippen LogP contribution >= 0.6 is 0 Å². The van der Waals surface area contributed by atoms with E-state index in [-0.39, 0.29) is 0 Å². The molecule has 0 aromatic carbocycles. The molecule has 5 heteroatoms. The maximum absolute atomic E-state index is 10.5. The van der Waals surface area contributed by atoms with E-state index in [1.807, 2.05) is 6.92 Å². The van der Waals surface area contributed by atoms with Gasteiger partial charge in [0.25, 0.3) is 0 Å². The fourth-order valence-corrected chi connectivity index (χ4v) is 0.749. The standard InChI is InChI=1S/C9H19N3O2/c1-7(2)6-14-4-3-12-5-8(10)9(11)13/h8,12H,1,3-6,10H2,2H3,(H2,11,13). The second-order valence-corrected chi connectivity index (χ2v) is 3.22. The highest BCUT2D eigenvalue weighted by molar-refractivity contribution is 5.79. The lowest BCUT2D eigenvalue weighted by atomic mass is 10.3. The van der Waals surface area contributed by atoms with E-state index in [0.29, 0.717) is 26.3 Å². The lowest BCUT2D eigenvalue weighted by Crippen LogP contribution is -2.44. The fraction of sp³-hybridized carbons (Fsp3) is 0.667. The smallest absolute Gasteiger partial charge is 0.235 e. The monoisotopic (exact) mass is 201 g/mol. The number of rotatable bonds is 8. The van der Waals surface area contributed by atoms with Crippen molar-refractivity contribution in [3.63, 3.8) is 0 Å². The molecule has 0 spiro atoms. The third-order valence-corrected chi connectivity index (χ3v) is 1.50. The molecule has 14 heavy (non-hydrogen) atoms. The Morgan fingerprint density at radius 2 is 2.29 bits per heavy atom. The molecular weight excluding hydrogens is 182 g/mol. The minimum atomic E-state index is -0.629. The Bertz CT molecular complexity index is 194. The first-order valence-corrected chi connectivity index (χ1v) is 4.51. The van der Waals surface area contributed by atoms with Crippen LogP contribution in [0.4, 0.5) is 0 Å². The number of hydrogen-bond donors (Lipinski definition) is 3. The van der Waals surface area contributed by atoms with Crippen molar-refractivity contribution in [2.24, 2.45) is 11.5 Å².